The highest BCUT2D eigenvalue weighted by atomic mass is 16.5. The van der Waals surface area contributed by atoms with Crippen LogP contribution in [0.3, 0.4) is 0 Å². The Labute approximate surface area is 201 Å². The maximum absolute atomic E-state index is 10.2. The first kappa shape index (κ1) is 25.2. The molecule has 0 radical (unpaired) electrons. The van der Waals surface area contributed by atoms with Gasteiger partial charge in [0.2, 0.25) is 0 Å². The highest BCUT2D eigenvalue weighted by Crippen LogP contribution is 2.59. The number of hydrogen-bond acceptors (Lipinski definition) is 4. The van der Waals surface area contributed by atoms with Gasteiger partial charge in [0.15, 0.2) is 0 Å². The average Bonchev–Trinajstić information content (AvgIpc) is 3.13. The van der Waals surface area contributed by atoms with Crippen molar-refractivity contribution in [2.24, 2.45) is 29.1 Å². The molecule has 3 saturated carbocycles. The molecule has 186 valence electrons. The van der Waals surface area contributed by atoms with Crippen molar-refractivity contribution >= 4 is 0 Å². The van der Waals surface area contributed by atoms with Gasteiger partial charge in [0, 0.05) is 25.6 Å². The first-order chi connectivity index (χ1) is 15.7. The fraction of sp³-hybridized carbons (Fsp3) is 0.793. The minimum absolute atomic E-state index is 0.379. The molecule has 4 aliphatic rings. The first-order valence-electron chi connectivity index (χ1n) is 13.5. The van der Waals surface area contributed by atoms with Crippen molar-refractivity contribution in [3.63, 3.8) is 0 Å². The smallest absolute Gasteiger partial charge is 0.0811 e. The van der Waals surface area contributed by atoms with Crippen LogP contribution in [-0.4, -0.2) is 59.7 Å². The van der Waals surface area contributed by atoms with Gasteiger partial charge < -0.3 is 14.9 Å². The van der Waals surface area contributed by atoms with Crippen molar-refractivity contribution in [1.29, 1.82) is 0 Å². The van der Waals surface area contributed by atoms with E-state index in [2.05, 4.69) is 51.3 Å². The molecule has 4 nitrogen and oxygen atoms in total. The summed E-state index contributed by atoms with van der Waals surface area (Å²) in [6.07, 6.45) is 10.8. The first-order valence-corrected chi connectivity index (χ1v) is 13.5. The van der Waals surface area contributed by atoms with Crippen LogP contribution in [0.1, 0.15) is 72.6 Å². The maximum atomic E-state index is 10.2. The van der Waals surface area contributed by atoms with E-state index in [1.807, 2.05) is 0 Å². The summed E-state index contributed by atoms with van der Waals surface area (Å²) in [4.78, 5) is 2.71. The van der Waals surface area contributed by atoms with Gasteiger partial charge in [-0.05, 0) is 78.8 Å². The number of fused-ring (bicyclic) bond motifs is 1. The zero-order valence-electron chi connectivity index (χ0n) is 21.4. The summed E-state index contributed by atoms with van der Waals surface area (Å²) in [6.45, 7) is 17.8. The van der Waals surface area contributed by atoms with Crippen LogP contribution in [0.15, 0.2) is 35.5 Å². The molecule has 0 amide bonds. The van der Waals surface area contributed by atoms with Crippen LogP contribution >= 0.6 is 0 Å². The molecule has 0 aromatic heterocycles. The van der Waals surface area contributed by atoms with Crippen molar-refractivity contribution in [3.8, 4) is 0 Å². The predicted octanol–water partition coefficient (Wildman–Crippen LogP) is 5.12. The fourth-order valence-corrected chi connectivity index (χ4v) is 7.67. The third-order valence-electron chi connectivity index (χ3n) is 9.56. The normalized spacial score (nSPS) is 41.7. The molecule has 1 saturated heterocycles. The number of allylic oxidation sites excluding steroid dienone is 3. The van der Waals surface area contributed by atoms with E-state index in [4.69, 9.17) is 4.74 Å². The Balaban J connectivity index is 1.47. The molecule has 33 heavy (non-hydrogen) atoms. The minimum atomic E-state index is -0.610. The lowest BCUT2D eigenvalue weighted by atomic mass is 9.61. The van der Waals surface area contributed by atoms with Gasteiger partial charge in [-0.15, -0.1) is 0 Å². The van der Waals surface area contributed by atoms with Gasteiger partial charge in [0.1, 0.15) is 0 Å². The zero-order valence-corrected chi connectivity index (χ0v) is 21.4. The third-order valence-corrected chi connectivity index (χ3v) is 9.56. The van der Waals surface area contributed by atoms with E-state index in [-0.39, 0.29) is 0 Å². The van der Waals surface area contributed by atoms with Crippen molar-refractivity contribution in [2.45, 2.75) is 90.9 Å². The summed E-state index contributed by atoms with van der Waals surface area (Å²) in [7, 11) is 0. The summed E-state index contributed by atoms with van der Waals surface area (Å²) in [5.74, 6) is 2.75. The highest BCUT2D eigenvalue weighted by Gasteiger charge is 2.51. The fourth-order valence-electron chi connectivity index (χ4n) is 7.67. The Kier molecular flexibility index (Phi) is 7.90. The second-order valence-electron chi connectivity index (χ2n) is 12.0. The van der Waals surface area contributed by atoms with Gasteiger partial charge in [-0.1, -0.05) is 52.0 Å². The van der Waals surface area contributed by atoms with Crippen LogP contribution in [-0.2, 0) is 4.74 Å². The quantitative estimate of drug-likeness (QED) is 0.602. The molecule has 0 aromatic rings. The second-order valence-corrected chi connectivity index (χ2v) is 12.0. The number of hydrogen-bond donors (Lipinski definition) is 2. The lowest BCUT2D eigenvalue weighted by Gasteiger charge is -2.46. The van der Waals surface area contributed by atoms with Crippen LogP contribution in [0.2, 0.25) is 0 Å². The van der Waals surface area contributed by atoms with Crippen molar-refractivity contribution < 1.29 is 14.9 Å². The van der Waals surface area contributed by atoms with Crippen molar-refractivity contribution in [2.75, 3.05) is 26.3 Å². The Morgan fingerprint density at radius 2 is 2.00 bits per heavy atom. The summed E-state index contributed by atoms with van der Waals surface area (Å²) in [5.41, 5.74) is 3.78. The predicted molar refractivity (Wildman–Crippen MR) is 135 cm³/mol. The topological polar surface area (TPSA) is 52.9 Å². The third kappa shape index (κ3) is 5.19. The van der Waals surface area contributed by atoms with Crippen molar-refractivity contribution in [3.05, 3.63) is 35.5 Å². The Hall–Kier alpha value is -0.940. The van der Waals surface area contributed by atoms with Crippen LogP contribution in [0, 0.1) is 29.1 Å². The molecule has 4 fully saturated rings. The van der Waals surface area contributed by atoms with Crippen LogP contribution in [0.5, 0.6) is 0 Å². The minimum Gasteiger partial charge on any atom is -0.393 e. The highest BCUT2D eigenvalue weighted by molar-refractivity contribution is 5.38. The molecular formula is C29H47NO3. The largest absolute Gasteiger partial charge is 0.393 e. The molecular weight excluding hydrogens is 410 g/mol. The molecule has 1 aliphatic heterocycles. The van der Waals surface area contributed by atoms with E-state index in [0.717, 1.165) is 36.8 Å². The van der Waals surface area contributed by atoms with E-state index < -0.39 is 12.2 Å². The van der Waals surface area contributed by atoms with E-state index in [1.165, 1.54) is 38.6 Å². The summed E-state index contributed by atoms with van der Waals surface area (Å²) >= 11 is 0. The Morgan fingerprint density at radius 1 is 1.21 bits per heavy atom. The molecule has 0 bridgehead atoms. The maximum Gasteiger partial charge on any atom is 0.0811 e. The van der Waals surface area contributed by atoms with E-state index >= 15 is 0 Å². The summed E-state index contributed by atoms with van der Waals surface area (Å²) in [6, 6.07) is 0.550. The lowest BCUT2D eigenvalue weighted by molar-refractivity contribution is -0.0389. The second kappa shape index (κ2) is 10.4. The molecule has 4 heteroatoms. The number of morpholine rings is 1. The molecule has 1 heterocycles. The Morgan fingerprint density at radius 3 is 2.76 bits per heavy atom. The van der Waals surface area contributed by atoms with Crippen LogP contribution < -0.4 is 0 Å². The monoisotopic (exact) mass is 457 g/mol. The van der Waals surface area contributed by atoms with Gasteiger partial charge in [-0.2, -0.15) is 0 Å². The molecule has 2 N–H and O–H groups in total. The number of nitrogens with zero attached hydrogens (tertiary/aromatic N) is 1. The van der Waals surface area contributed by atoms with Crippen LogP contribution in [0.25, 0.3) is 0 Å². The van der Waals surface area contributed by atoms with Gasteiger partial charge in [-0.25, -0.2) is 0 Å². The SMILES string of the molecule is C=C1/C(=C\C=C2/CCC[C@]3(C)[C@@H]([C@H](C)CN4CCOC[C@H]4C(C)C)CC[C@@H]23)CC(O)CC1O. The van der Waals surface area contributed by atoms with Gasteiger partial charge >= 0.3 is 0 Å². The summed E-state index contributed by atoms with van der Waals surface area (Å²) in [5, 5.41) is 20.3. The van der Waals surface area contributed by atoms with Crippen molar-refractivity contribution in [1.82, 2.24) is 4.90 Å². The molecule has 2 unspecified atom stereocenters. The van der Waals surface area contributed by atoms with E-state index in [1.54, 1.807) is 5.57 Å². The molecule has 0 spiro atoms. The summed E-state index contributed by atoms with van der Waals surface area (Å²) < 4.78 is 5.81. The molecule has 0 aromatic carbocycles. The van der Waals surface area contributed by atoms with Gasteiger partial charge in [0.05, 0.1) is 25.4 Å². The van der Waals surface area contributed by atoms with E-state index in [0.29, 0.717) is 42.1 Å². The van der Waals surface area contributed by atoms with E-state index in [9.17, 15) is 10.2 Å². The lowest BCUT2D eigenvalue weighted by Crippen LogP contribution is -2.51. The molecule has 3 aliphatic carbocycles. The standard InChI is InChI=1S/C29H47NO3/c1-19(2)27-18-33-14-13-30(27)17-20(3)25-10-11-26-22(7-6-12-29(25,26)5)8-9-23-15-24(31)16-28(32)21(23)4/h8-9,19-20,24-28,31-32H,4,6-7,10-18H2,1-3,5H3/b22-8+,23-9-/t20-,24?,25-,26+,27+,28?,29-/m1/s1. The van der Waals surface area contributed by atoms with Gasteiger partial charge in [-0.3, -0.25) is 4.90 Å². The number of aliphatic hydroxyl groups excluding tert-OH is 2. The van der Waals surface area contributed by atoms with Gasteiger partial charge in [0.25, 0.3) is 0 Å². The number of ether oxygens (including phenoxy) is 1. The molecule has 4 rings (SSSR count). The zero-order chi connectivity index (χ0) is 23.8. The molecule has 7 atom stereocenters. The van der Waals surface area contributed by atoms with Crippen LogP contribution in [0.4, 0.5) is 0 Å². The Bertz CT molecular complexity index is 771. The number of aliphatic hydroxyl groups is 2. The average molecular weight is 458 g/mol. The number of rotatable bonds is 5.